The number of rotatable bonds is 1. The van der Waals surface area contributed by atoms with Crippen molar-refractivity contribution in [2.24, 2.45) is 0 Å². The Kier molecular flexibility index (Phi) is 6.25. The van der Waals surface area contributed by atoms with E-state index < -0.39 is 23.2 Å². The molecule has 1 aromatic heterocycles. The van der Waals surface area contributed by atoms with Crippen LogP contribution < -0.4 is 0 Å². The van der Waals surface area contributed by atoms with Crippen LogP contribution in [0.2, 0.25) is 0 Å². The van der Waals surface area contributed by atoms with Gasteiger partial charge < -0.3 is 17.3 Å². The minimum atomic E-state index is -6.00. The fraction of sp³-hybridized carbons (Fsp3) is 0.500. The molecule has 0 saturated carbocycles. The third kappa shape index (κ3) is 6.20. The molecule has 0 spiro atoms. The lowest BCUT2D eigenvalue weighted by Gasteiger charge is -2.18. The third-order valence-corrected chi connectivity index (χ3v) is 5.75. The molecule has 1 atom stereocenters. The van der Waals surface area contributed by atoms with Crippen molar-refractivity contribution >= 4 is 27.8 Å². The number of fused-ring (bicyclic) bond motifs is 1. The van der Waals surface area contributed by atoms with E-state index in [0.717, 1.165) is 10.9 Å². The zero-order valence-corrected chi connectivity index (χ0v) is 15.3. The standard InChI is InChI=1S/C16H20F3S.BF4/c1-10(2)13-8-11-6-7-12(15(3,4)5)9-14(11)20(13)16(17,18)19;2-1(3,4)5/h6-10H,1-5H3;/q+1;-1. The van der Waals surface area contributed by atoms with Crippen molar-refractivity contribution in [3.8, 4) is 0 Å². The molecule has 0 N–H and O–H groups in total. The predicted molar refractivity (Wildman–Crippen MR) is 90.7 cm³/mol. The summed E-state index contributed by atoms with van der Waals surface area (Å²) in [6.07, 6.45) is 0. The van der Waals surface area contributed by atoms with Gasteiger partial charge in [0.25, 0.3) is 0 Å². The molecule has 9 heteroatoms. The maximum Gasteiger partial charge on any atom is 0.673 e. The molecule has 0 aliphatic rings. The van der Waals surface area contributed by atoms with Crippen LogP contribution in [0.4, 0.5) is 30.4 Å². The number of halogens is 7. The molecule has 0 radical (unpaired) electrons. The number of benzene rings is 1. The molecule has 0 saturated heterocycles. The van der Waals surface area contributed by atoms with Crippen molar-refractivity contribution < 1.29 is 30.4 Å². The molecule has 25 heavy (non-hydrogen) atoms. The summed E-state index contributed by atoms with van der Waals surface area (Å²) in [5.74, 6) is -0.0922. The molecular weight excluding hydrogens is 368 g/mol. The average Bonchev–Trinajstić information content (AvgIpc) is 2.73. The summed E-state index contributed by atoms with van der Waals surface area (Å²) in [5, 5.41) is 0.724. The van der Waals surface area contributed by atoms with Gasteiger partial charge in [-0.25, -0.2) is 0 Å². The van der Waals surface area contributed by atoms with E-state index in [0.29, 0.717) is 9.58 Å². The van der Waals surface area contributed by atoms with Crippen LogP contribution in [0.3, 0.4) is 0 Å². The van der Waals surface area contributed by atoms with Crippen molar-refractivity contribution in [2.75, 3.05) is 0 Å². The highest BCUT2D eigenvalue weighted by atomic mass is 32.2. The van der Waals surface area contributed by atoms with Crippen molar-refractivity contribution in [3.63, 3.8) is 0 Å². The maximum atomic E-state index is 13.4. The second-order valence-electron chi connectivity index (χ2n) is 6.95. The second-order valence-corrected chi connectivity index (χ2v) is 8.94. The lowest BCUT2D eigenvalue weighted by atomic mass is 9.87. The van der Waals surface area contributed by atoms with Gasteiger partial charge in [-0.2, -0.15) is 0 Å². The van der Waals surface area contributed by atoms with E-state index >= 15 is 0 Å². The minimum absolute atomic E-state index is 0.0922. The van der Waals surface area contributed by atoms with Gasteiger partial charge in [0.2, 0.25) is 0 Å². The zero-order valence-electron chi connectivity index (χ0n) is 14.5. The highest BCUT2D eigenvalue weighted by Crippen LogP contribution is 2.53. The highest BCUT2D eigenvalue weighted by molar-refractivity contribution is 7.38. The Balaban J connectivity index is 0.000000550. The van der Waals surface area contributed by atoms with Crippen LogP contribution in [0.15, 0.2) is 24.3 Å². The molecule has 0 aliphatic heterocycles. The van der Waals surface area contributed by atoms with Crippen molar-refractivity contribution in [1.29, 1.82) is 0 Å². The van der Waals surface area contributed by atoms with Gasteiger partial charge in [0, 0.05) is 23.4 Å². The van der Waals surface area contributed by atoms with Crippen LogP contribution in [0.1, 0.15) is 51.0 Å². The second kappa shape index (κ2) is 7.17. The molecule has 2 aromatic rings. The smallest absolute Gasteiger partial charge is 0.418 e. The van der Waals surface area contributed by atoms with Crippen molar-refractivity contribution in [2.45, 2.75) is 51.5 Å². The van der Waals surface area contributed by atoms with Crippen molar-refractivity contribution in [3.05, 3.63) is 34.7 Å². The Bertz CT molecular complexity index is 715. The number of alkyl halides is 3. The van der Waals surface area contributed by atoms with E-state index in [-0.39, 0.29) is 11.3 Å². The number of hydrogen-bond acceptors (Lipinski definition) is 0. The average molecular weight is 388 g/mol. The zero-order chi connectivity index (χ0) is 19.8. The van der Waals surface area contributed by atoms with Crippen LogP contribution in [0, 0.1) is 0 Å². The maximum absolute atomic E-state index is 13.4. The summed E-state index contributed by atoms with van der Waals surface area (Å²) in [6.45, 7) is 9.72. The summed E-state index contributed by atoms with van der Waals surface area (Å²) >= 11 is 0. The summed E-state index contributed by atoms with van der Waals surface area (Å²) in [4.78, 5) is 0.499. The van der Waals surface area contributed by atoms with Crippen LogP contribution in [0.5, 0.6) is 0 Å². The van der Waals surface area contributed by atoms with E-state index in [4.69, 9.17) is 0 Å². The molecule has 1 aromatic carbocycles. The summed E-state index contributed by atoms with van der Waals surface area (Å²) in [5.41, 5.74) is -3.38. The van der Waals surface area contributed by atoms with E-state index in [2.05, 4.69) is 0 Å². The molecule has 2 rings (SSSR count). The van der Waals surface area contributed by atoms with Crippen LogP contribution in [0.25, 0.3) is 10.1 Å². The largest absolute Gasteiger partial charge is 0.673 e. The Morgan fingerprint density at radius 3 is 1.76 bits per heavy atom. The number of thiophene rings is 1. The van der Waals surface area contributed by atoms with Gasteiger partial charge in [-0.15, -0.1) is 13.2 Å². The first-order valence-electron chi connectivity index (χ1n) is 7.56. The van der Waals surface area contributed by atoms with Crippen molar-refractivity contribution in [1.82, 2.24) is 0 Å². The Labute approximate surface area is 145 Å². The quantitative estimate of drug-likeness (QED) is 0.266. The molecule has 0 bridgehead atoms. The molecule has 0 fully saturated rings. The lowest BCUT2D eigenvalue weighted by Crippen LogP contribution is -2.10. The Morgan fingerprint density at radius 1 is 0.920 bits per heavy atom. The highest BCUT2D eigenvalue weighted by Gasteiger charge is 2.48. The molecule has 142 valence electrons. The molecular formula is C16H20BF7S. The topological polar surface area (TPSA) is 0 Å². The first-order chi connectivity index (χ1) is 11.0. The first-order valence-corrected chi connectivity index (χ1v) is 8.79. The van der Waals surface area contributed by atoms with Gasteiger partial charge in [0.05, 0.1) is 10.5 Å². The fourth-order valence-corrected chi connectivity index (χ4v) is 4.39. The third-order valence-electron chi connectivity index (χ3n) is 3.43. The lowest BCUT2D eigenvalue weighted by molar-refractivity contribution is -0.0868. The first kappa shape index (κ1) is 21.8. The van der Waals surface area contributed by atoms with E-state index in [1.54, 1.807) is 12.1 Å². The van der Waals surface area contributed by atoms with Crippen LogP contribution in [-0.2, 0) is 10.9 Å². The van der Waals surface area contributed by atoms with E-state index in [9.17, 15) is 30.4 Å². The summed E-state index contributed by atoms with van der Waals surface area (Å²) < 4.78 is 79.8. The fourth-order valence-electron chi connectivity index (χ4n) is 2.30. The molecule has 0 nitrogen and oxygen atoms in total. The molecule has 1 unspecified atom stereocenters. The number of hydrogen-bond donors (Lipinski definition) is 0. The van der Waals surface area contributed by atoms with Gasteiger partial charge in [-0.05, 0) is 17.0 Å². The SMILES string of the molecule is CC(C)c1cc2ccc(C(C)(C)C)cc2[s+]1C(F)(F)F.F[B-](F)(F)F. The monoisotopic (exact) mass is 388 g/mol. The Morgan fingerprint density at radius 2 is 1.40 bits per heavy atom. The summed E-state index contributed by atoms with van der Waals surface area (Å²) in [6, 6.07) is 7.24. The van der Waals surface area contributed by atoms with Gasteiger partial charge in [-0.3, -0.25) is 0 Å². The minimum Gasteiger partial charge on any atom is -0.418 e. The van der Waals surface area contributed by atoms with E-state index in [1.807, 2.05) is 46.8 Å². The Hall–Kier alpha value is -1.25. The summed E-state index contributed by atoms with van der Waals surface area (Å²) in [7, 11) is -7.77. The van der Waals surface area contributed by atoms with Gasteiger partial charge in [0.15, 0.2) is 9.58 Å². The van der Waals surface area contributed by atoms with Crippen LogP contribution >= 0.6 is 10.5 Å². The molecule has 0 aliphatic carbocycles. The van der Waals surface area contributed by atoms with Gasteiger partial charge >= 0.3 is 12.8 Å². The van der Waals surface area contributed by atoms with Crippen LogP contribution in [-0.4, -0.2) is 7.25 Å². The van der Waals surface area contributed by atoms with Gasteiger partial charge in [-0.1, -0.05) is 40.7 Å². The predicted octanol–water partition coefficient (Wildman–Crippen LogP) is 7.79. The van der Waals surface area contributed by atoms with Gasteiger partial charge in [0.1, 0.15) is 0 Å². The molecule has 0 amide bonds. The molecule has 1 heterocycles. The normalized spacial score (nSPS) is 13.9. The van der Waals surface area contributed by atoms with E-state index in [1.165, 1.54) is 0 Å².